The van der Waals surface area contributed by atoms with E-state index in [9.17, 15) is 9.18 Å². The van der Waals surface area contributed by atoms with Crippen LogP contribution in [0.15, 0.2) is 24.3 Å². The highest BCUT2D eigenvalue weighted by atomic mass is 79.9. The van der Waals surface area contributed by atoms with E-state index in [2.05, 4.69) is 15.9 Å². The molecule has 1 fully saturated rings. The Morgan fingerprint density at radius 2 is 2.07 bits per heavy atom. The Balaban J connectivity index is 2.03. The van der Waals surface area contributed by atoms with Crippen LogP contribution in [0.1, 0.15) is 12.0 Å². The van der Waals surface area contributed by atoms with Gasteiger partial charge in [0.05, 0.1) is 0 Å². The number of benzene rings is 1. The van der Waals surface area contributed by atoms with Crippen LogP contribution in [0, 0.1) is 5.82 Å². The summed E-state index contributed by atoms with van der Waals surface area (Å²) in [5.41, 5.74) is 0.964. The molecule has 0 spiro atoms. The maximum Gasteiger partial charge on any atom is 0.224 e. The Morgan fingerprint density at radius 1 is 1.40 bits per heavy atom. The van der Waals surface area contributed by atoms with Gasteiger partial charge in [-0.15, -0.1) is 0 Å². The summed E-state index contributed by atoms with van der Waals surface area (Å²) < 4.78 is 12.7. The topological polar surface area (TPSA) is 20.3 Å². The average Bonchev–Trinajstić information content (AvgIpc) is 2.49. The van der Waals surface area contributed by atoms with E-state index in [1.165, 1.54) is 12.1 Å². The summed E-state index contributed by atoms with van der Waals surface area (Å²) in [4.78, 5) is 13.5. The molecule has 1 heterocycles. The minimum atomic E-state index is -0.245. The third-order valence-corrected chi connectivity index (χ3v) is 3.07. The van der Waals surface area contributed by atoms with E-state index in [-0.39, 0.29) is 16.6 Å². The van der Waals surface area contributed by atoms with Crippen molar-refractivity contribution in [3.8, 4) is 0 Å². The van der Waals surface area contributed by atoms with Gasteiger partial charge in [-0.2, -0.15) is 0 Å². The molecule has 80 valence electrons. The molecule has 15 heavy (non-hydrogen) atoms. The van der Waals surface area contributed by atoms with Gasteiger partial charge in [-0.25, -0.2) is 4.39 Å². The lowest BCUT2D eigenvalue weighted by Crippen LogP contribution is -2.24. The molecule has 0 saturated carbocycles. The molecule has 1 amide bonds. The smallest absolute Gasteiger partial charge is 0.224 e. The fourth-order valence-electron chi connectivity index (χ4n) is 1.69. The van der Waals surface area contributed by atoms with Crippen LogP contribution in [0.4, 0.5) is 4.39 Å². The number of hydrogen-bond acceptors (Lipinski definition) is 1. The molecule has 1 aromatic rings. The largest absolute Gasteiger partial charge is 0.337 e. The summed E-state index contributed by atoms with van der Waals surface area (Å²) in [5, 5.41) is 0. The number of likely N-dealkylation sites (tertiary alicyclic amines) is 1. The van der Waals surface area contributed by atoms with Crippen LogP contribution in [-0.2, 0) is 11.3 Å². The molecule has 1 unspecified atom stereocenters. The standard InChI is InChI=1S/C11H11BrFNO/c12-9-5-11(15)14(7-9)6-8-1-3-10(13)4-2-8/h1-4,9H,5-7H2. The van der Waals surface area contributed by atoms with Crippen molar-refractivity contribution in [2.45, 2.75) is 17.8 Å². The van der Waals surface area contributed by atoms with E-state index >= 15 is 0 Å². The van der Waals surface area contributed by atoms with Gasteiger partial charge in [-0.1, -0.05) is 28.1 Å². The molecular weight excluding hydrogens is 261 g/mol. The summed E-state index contributed by atoms with van der Waals surface area (Å²) in [5.74, 6) is -0.0916. The van der Waals surface area contributed by atoms with Crippen LogP contribution in [-0.4, -0.2) is 22.2 Å². The Hall–Kier alpha value is -0.900. The molecule has 4 heteroatoms. The van der Waals surface area contributed by atoms with E-state index < -0.39 is 0 Å². The summed E-state index contributed by atoms with van der Waals surface area (Å²) in [6, 6.07) is 6.26. The molecule has 2 nitrogen and oxygen atoms in total. The first-order valence-electron chi connectivity index (χ1n) is 4.81. The van der Waals surface area contributed by atoms with Gasteiger partial charge in [0, 0.05) is 24.3 Å². The van der Waals surface area contributed by atoms with E-state index in [0.29, 0.717) is 13.0 Å². The van der Waals surface area contributed by atoms with Gasteiger partial charge in [0.2, 0.25) is 5.91 Å². The molecule has 1 aromatic carbocycles. The van der Waals surface area contributed by atoms with Crippen molar-refractivity contribution in [2.24, 2.45) is 0 Å². The number of halogens is 2. The van der Waals surface area contributed by atoms with Crippen LogP contribution in [0.2, 0.25) is 0 Å². The van der Waals surface area contributed by atoms with Gasteiger partial charge in [0.15, 0.2) is 0 Å². The van der Waals surface area contributed by atoms with Crippen molar-refractivity contribution in [1.29, 1.82) is 0 Å². The Morgan fingerprint density at radius 3 is 2.60 bits per heavy atom. The maximum absolute atomic E-state index is 12.7. The molecule has 1 atom stereocenters. The fourth-order valence-corrected chi connectivity index (χ4v) is 2.31. The molecule has 0 radical (unpaired) electrons. The molecular formula is C11H11BrFNO. The van der Waals surface area contributed by atoms with Gasteiger partial charge >= 0.3 is 0 Å². The lowest BCUT2D eigenvalue weighted by molar-refractivity contribution is -0.128. The first-order valence-corrected chi connectivity index (χ1v) is 5.73. The monoisotopic (exact) mass is 271 g/mol. The number of carbonyl (C=O) groups excluding carboxylic acids is 1. The summed E-state index contributed by atoms with van der Waals surface area (Å²) in [6.07, 6.45) is 0.557. The van der Waals surface area contributed by atoms with Gasteiger partial charge in [-0.3, -0.25) is 4.79 Å². The van der Waals surface area contributed by atoms with E-state index in [0.717, 1.165) is 12.1 Å². The zero-order valence-corrected chi connectivity index (χ0v) is 9.71. The number of nitrogens with zero attached hydrogens (tertiary/aromatic N) is 1. The minimum Gasteiger partial charge on any atom is -0.337 e. The number of amides is 1. The predicted molar refractivity (Wildman–Crippen MR) is 59.1 cm³/mol. The van der Waals surface area contributed by atoms with Gasteiger partial charge < -0.3 is 4.90 Å². The first kappa shape index (κ1) is 10.6. The predicted octanol–water partition coefficient (Wildman–Crippen LogP) is 2.32. The van der Waals surface area contributed by atoms with Crippen LogP contribution in [0.5, 0.6) is 0 Å². The second kappa shape index (κ2) is 4.31. The second-order valence-electron chi connectivity index (χ2n) is 3.70. The zero-order chi connectivity index (χ0) is 10.8. The molecule has 1 aliphatic rings. The molecule has 2 rings (SSSR count). The maximum atomic E-state index is 12.7. The fraction of sp³-hybridized carbons (Fsp3) is 0.364. The van der Waals surface area contributed by atoms with Crippen molar-refractivity contribution in [3.63, 3.8) is 0 Å². The zero-order valence-electron chi connectivity index (χ0n) is 8.12. The van der Waals surface area contributed by atoms with E-state index in [4.69, 9.17) is 0 Å². The summed E-state index contributed by atoms with van der Waals surface area (Å²) >= 11 is 3.42. The summed E-state index contributed by atoms with van der Waals surface area (Å²) in [7, 11) is 0. The third-order valence-electron chi connectivity index (χ3n) is 2.45. The van der Waals surface area contributed by atoms with Crippen molar-refractivity contribution in [3.05, 3.63) is 35.6 Å². The highest BCUT2D eigenvalue weighted by Crippen LogP contribution is 2.20. The number of alkyl halides is 1. The molecule has 0 aromatic heterocycles. The molecule has 0 aliphatic carbocycles. The van der Waals surface area contributed by atoms with Gasteiger partial charge in [0.1, 0.15) is 5.82 Å². The summed E-state index contributed by atoms with van der Waals surface area (Å²) in [6.45, 7) is 1.30. The highest BCUT2D eigenvalue weighted by molar-refractivity contribution is 9.09. The van der Waals surface area contributed by atoms with Crippen molar-refractivity contribution in [2.75, 3.05) is 6.54 Å². The minimum absolute atomic E-state index is 0.154. The molecule has 1 saturated heterocycles. The lowest BCUT2D eigenvalue weighted by Gasteiger charge is -2.15. The first-order chi connectivity index (χ1) is 7.15. The normalized spacial score (nSPS) is 21.1. The lowest BCUT2D eigenvalue weighted by atomic mass is 10.2. The van der Waals surface area contributed by atoms with Crippen LogP contribution in [0.25, 0.3) is 0 Å². The molecule has 1 aliphatic heterocycles. The molecule has 0 N–H and O–H groups in total. The SMILES string of the molecule is O=C1CC(Br)CN1Cc1ccc(F)cc1. The quantitative estimate of drug-likeness (QED) is 0.757. The Labute approximate surface area is 96.2 Å². The Bertz CT molecular complexity index is 365. The Kier molecular flexibility index (Phi) is 3.05. The van der Waals surface area contributed by atoms with Crippen LogP contribution < -0.4 is 0 Å². The van der Waals surface area contributed by atoms with Gasteiger partial charge in [-0.05, 0) is 17.7 Å². The van der Waals surface area contributed by atoms with Crippen molar-refractivity contribution < 1.29 is 9.18 Å². The number of rotatable bonds is 2. The molecule has 0 bridgehead atoms. The van der Waals surface area contributed by atoms with Crippen LogP contribution in [0.3, 0.4) is 0 Å². The highest BCUT2D eigenvalue weighted by Gasteiger charge is 2.27. The average molecular weight is 272 g/mol. The third kappa shape index (κ3) is 2.56. The van der Waals surface area contributed by atoms with Crippen LogP contribution >= 0.6 is 15.9 Å². The number of hydrogen-bond donors (Lipinski definition) is 0. The van der Waals surface area contributed by atoms with Crippen molar-refractivity contribution >= 4 is 21.8 Å². The number of carbonyl (C=O) groups is 1. The van der Waals surface area contributed by atoms with Crippen molar-refractivity contribution in [1.82, 2.24) is 4.90 Å². The van der Waals surface area contributed by atoms with Gasteiger partial charge in [0.25, 0.3) is 0 Å². The van der Waals surface area contributed by atoms with E-state index in [1.807, 2.05) is 0 Å². The van der Waals surface area contributed by atoms with E-state index in [1.54, 1.807) is 17.0 Å². The second-order valence-corrected chi connectivity index (χ2v) is 5.00.